The second kappa shape index (κ2) is 7.00. The highest BCUT2D eigenvalue weighted by molar-refractivity contribution is 5.79. The van der Waals surface area contributed by atoms with E-state index in [1.54, 1.807) is 7.11 Å². The van der Waals surface area contributed by atoms with Crippen molar-refractivity contribution in [3.8, 4) is 17.0 Å². The van der Waals surface area contributed by atoms with Crippen LogP contribution in [0, 0.1) is 0 Å². The van der Waals surface area contributed by atoms with E-state index in [1.165, 1.54) is 0 Å². The molecule has 0 unspecified atom stereocenters. The molecule has 1 amide bonds. The first kappa shape index (κ1) is 16.3. The minimum absolute atomic E-state index is 0.134. The van der Waals surface area contributed by atoms with Gasteiger partial charge in [-0.25, -0.2) is 4.68 Å². The van der Waals surface area contributed by atoms with Gasteiger partial charge in [-0.15, -0.1) is 5.10 Å². The standard InChI is InChI=1S/C20H20N4O2/c1-26-18-9-7-15(8-10-18)11-20(25)23-12-17(13-23)24-14-19(21-22-24)16-5-3-2-4-6-16/h2-10,14,17H,11-13H2,1H3. The molecule has 6 nitrogen and oxygen atoms in total. The van der Waals surface area contributed by atoms with Gasteiger partial charge >= 0.3 is 0 Å². The summed E-state index contributed by atoms with van der Waals surface area (Å²) in [6.07, 6.45) is 2.36. The van der Waals surface area contributed by atoms with E-state index in [-0.39, 0.29) is 11.9 Å². The van der Waals surface area contributed by atoms with E-state index in [4.69, 9.17) is 4.74 Å². The molecule has 2 heterocycles. The molecule has 1 fully saturated rings. The maximum atomic E-state index is 12.4. The van der Waals surface area contributed by atoms with Crippen molar-refractivity contribution in [1.82, 2.24) is 19.9 Å². The zero-order valence-corrected chi connectivity index (χ0v) is 14.6. The van der Waals surface area contributed by atoms with Gasteiger partial charge in [0.05, 0.1) is 25.8 Å². The molecule has 1 aromatic heterocycles. The van der Waals surface area contributed by atoms with Gasteiger partial charge in [-0.1, -0.05) is 47.7 Å². The van der Waals surface area contributed by atoms with Crippen LogP contribution in [0.2, 0.25) is 0 Å². The van der Waals surface area contributed by atoms with Crippen LogP contribution in [0.1, 0.15) is 11.6 Å². The van der Waals surface area contributed by atoms with Crippen LogP contribution in [0.5, 0.6) is 5.75 Å². The summed E-state index contributed by atoms with van der Waals surface area (Å²) in [5.41, 5.74) is 2.89. The molecule has 0 atom stereocenters. The summed E-state index contributed by atoms with van der Waals surface area (Å²) in [5, 5.41) is 8.47. The highest BCUT2D eigenvalue weighted by atomic mass is 16.5. The molecule has 2 aromatic carbocycles. The molecule has 0 radical (unpaired) electrons. The first-order valence-corrected chi connectivity index (χ1v) is 8.61. The number of aromatic nitrogens is 3. The number of carbonyl (C=O) groups excluding carboxylic acids is 1. The number of hydrogen-bond acceptors (Lipinski definition) is 4. The molecule has 132 valence electrons. The van der Waals surface area contributed by atoms with E-state index in [0.29, 0.717) is 19.5 Å². The van der Waals surface area contributed by atoms with Crippen molar-refractivity contribution in [3.63, 3.8) is 0 Å². The van der Waals surface area contributed by atoms with Gasteiger partial charge in [0.15, 0.2) is 0 Å². The number of benzene rings is 2. The fourth-order valence-electron chi connectivity index (χ4n) is 3.05. The Kier molecular flexibility index (Phi) is 4.39. The molecule has 0 aliphatic carbocycles. The highest BCUT2D eigenvalue weighted by Gasteiger charge is 2.32. The third-order valence-electron chi connectivity index (χ3n) is 4.68. The molecule has 1 aliphatic heterocycles. The molecule has 4 rings (SSSR count). The summed E-state index contributed by atoms with van der Waals surface area (Å²) in [6.45, 7) is 1.35. The SMILES string of the molecule is COc1ccc(CC(=O)N2CC(n3cc(-c4ccccc4)nn3)C2)cc1. The van der Waals surface area contributed by atoms with Gasteiger partial charge in [0.25, 0.3) is 0 Å². The average Bonchev–Trinajstić information content (AvgIpc) is 3.11. The molecule has 0 N–H and O–H groups in total. The highest BCUT2D eigenvalue weighted by Crippen LogP contribution is 2.24. The van der Waals surface area contributed by atoms with Crippen molar-refractivity contribution in [3.05, 3.63) is 66.4 Å². The lowest BCUT2D eigenvalue weighted by Crippen LogP contribution is -2.51. The normalized spacial score (nSPS) is 14.1. The second-order valence-corrected chi connectivity index (χ2v) is 6.43. The fourth-order valence-corrected chi connectivity index (χ4v) is 3.05. The number of likely N-dealkylation sites (tertiary alicyclic amines) is 1. The summed E-state index contributed by atoms with van der Waals surface area (Å²) in [7, 11) is 1.63. The molecule has 3 aromatic rings. The monoisotopic (exact) mass is 348 g/mol. The molecule has 1 aliphatic rings. The Morgan fingerprint density at radius 3 is 2.54 bits per heavy atom. The number of methoxy groups -OCH3 is 1. The number of nitrogens with zero attached hydrogens (tertiary/aromatic N) is 4. The minimum atomic E-state index is 0.134. The predicted octanol–water partition coefficient (Wildman–Crippen LogP) is 2.58. The van der Waals surface area contributed by atoms with E-state index in [1.807, 2.05) is 70.4 Å². The zero-order chi connectivity index (χ0) is 17.9. The van der Waals surface area contributed by atoms with Gasteiger partial charge < -0.3 is 9.64 Å². The Balaban J connectivity index is 1.33. The third kappa shape index (κ3) is 3.31. The second-order valence-electron chi connectivity index (χ2n) is 6.43. The minimum Gasteiger partial charge on any atom is -0.497 e. The maximum absolute atomic E-state index is 12.4. The van der Waals surface area contributed by atoms with Crippen molar-refractivity contribution >= 4 is 5.91 Å². The summed E-state index contributed by atoms with van der Waals surface area (Å²) in [4.78, 5) is 14.3. The molecule has 0 bridgehead atoms. The lowest BCUT2D eigenvalue weighted by atomic mass is 10.1. The Hall–Kier alpha value is -3.15. The fraction of sp³-hybridized carbons (Fsp3) is 0.250. The van der Waals surface area contributed by atoms with Crippen LogP contribution < -0.4 is 4.74 Å². The van der Waals surface area contributed by atoms with Crippen molar-refractivity contribution in [1.29, 1.82) is 0 Å². The van der Waals surface area contributed by atoms with E-state index >= 15 is 0 Å². The van der Waals surface area contributed by atoms with Gasteiger partial charge in [0.1, 0.15) is 11.4 Å². The van der Waals surface area contributed by atoms with Crippen LogP contribution >= 0.6 is 0 Å². The van der Waals surface area contributed by atoms with Gasteiger partial charge in [-0.2, -0.15) is 0 Å². The molecule has 1 saturated heterocycles. The largest absolute Gasteiger partial charge is 0.497 e. The first-order chi connectivity index (χ1) is 12.7. The summed E-state index contributed by atoms with van der Waals surface area (Å²) >= 11 is 0. The van der Waals surface area contributed by atoms with Crippen molar-refractivity contribution in [2.45, 2.75) is 12.5 Å². The quantitative estimate of drug-likeness (QED) is 0.711. The van der Waals surface area contributed by atoms with Crippen molar-refractivity contribution < 1.29 is 9.53 Å². The third-order valence-corrected chi connectivity index (χ3v) is 4.68. The predicted molar refractivity (Wildman–Crippen MR) is 97.8 cm³/mol. The van der Waals surface area contributed by atoms with Gasteiger partial charge in [0.2, 0.25) is 5.91 Å². The topological polar surface area (TPSA) is 60.2 Å². The maximum Gasteiger partial charge on any atom is 0.227 e. The van der Waals surface area contributed by atoms with E-state index in [2.05, 4.69) is 10.3 Å². The molecule has 0 saturated carbocycles. The number of carbonyl (C=O) groups is 1. The average molecular weight is 348 g/mol. The number of rotatable bonds is 5. The van der Waals surface area contributed by atoms with Crippen LogP contribution in [0.15, 0.2) is 60.8 Å². The summed E-state index contributed by atoms with van der Waals surface area (Å²) < 4.78 is 7.00. The summed E-state index contributed by atoms with van der Waals surface area (Å²) in [5.74, 6) is 0.931. The molecule has 26 heavy (non-hydrogen) atoms. The zero-order valence-electron chi connectivity index (χ0n) is 14.6. The lowest BCUT2D eigenvalue weighted by molar-refractivity contribution is -0.136. The van der Waals surface area contributed by atoms with E-state index in [9.17, 15) is 4.79 Å². The number of hydrogen-bond donors (Lipinski definition) is 0. The van der Waals surface area contributed by atoms with Crippen molar-refractivity contribution in [2.24, 2.45) is 0 Å². The van der Waals surface area contributed by atoms with Crippen LogP contribution in [-0.4, -0.2) is 46.0 Å². The molecule has 0 spiro atoms. The molecule has 6 heteroatoms. The van der Waals surface area contributed by atoms with Crippen molar-refractivity contribution in [2.75, 3.05) is 20.2 Å². The molecular weight excluding hydrogens is 328 g/mol. The number of amides is 1. The van der Waals surface area contributed by atoms with Gasteiger partial charge in [-0.05, 0) is 17.7 Å². The lowest BCUT2D eigenvalue weighted by Gasteiger charge is -2.39. The van der Waals surface area contributed by atoms with Gasteiger partial charge in [0, 0.05) is 18.7 Å². The smallest absolute Gasteiger partial charge is 0.227 e. The van der Waals surface area contributed by atoms with Crippen LogP contribution in [0.25, 0.3) is 11.3 Å². The van der Waals surface area contributed by atoms with Gasteiger partial charge in [-0.3, -0.25) is 4.79 Å². The van der Waals surface area contributed by atoms with E-state index in [0.717, 1.165) is 22.6 Å². The Morgan fingerprint density at radius 2 is 1.85 bits per heavy atom. The summed E-state index contributed by atoms with van der Waals surface area (Å²) in [6, 6.07) is 17.8. The Morgan fingerprint density at radius 1 is 1.12 bits per heavy atom. The Bertz CT molecular complexity index is 884. The number of ether oxygens (including phenoxy) is 1. The van der Waals surface area contributed by atoms with Crippen LogP contribution in [-0.2, 0) is 11.2 Å². The Labute approximate surface area is 152 Å². The van der Waals surface area contributed by atoms with Crippen LogP contribution in [0.4, 0.5) is 0 Å². The first-order valence-electron chi connectivity index (χ1n) is 8.61. The van der Waals surface area contributed by atoms with E-state index < -0.39 is 0 Å². The van der Waals surface area contributed by atoms with Crippen LogP contribution in [0.3, 0.4) is 0 Å². The molecular formula is C20H20N4O2.